The number of amides is 1. The van der Waals surface area contributed by atoms with E-state index in [1.807, 2.05) is 36.6 Å². The van der Waals surface area contributed by atoms with Gasteiger partial charge in [-0.25, -0.2) is 0 Å². The van der Waals surface area contributed by atoms with Gasteiger partial charge in [-0.15, -0.1) is 11.3 Å². The molecular formula is C17H18ClNOS. The lowest BCUT2D eigenvalue weighted by atomic mass is 9.83. The molecule has 2 nitrogen and oxygen atoms in total. The molecule has 2 aromatic rings. The summed E-state index contributed by atoms with van der Waals surface area (Å²) in [5, 5.41) is 5.84. The maximum absolute atomic E-state index is 13.0. The number of thiophene rings is 1. The normalized spacial score (nSPS) is 16.9. The highest BCUT2D eigenvalue weighted by Gasteiger charge is 2.43. The van der Waals surface area contributed by atoms with Crippen molar-refractivity contribution in [2.45, 2.75) is 38.0 Å². The number of halogens is 1. The van der Waals surface area contributed by atoms with Crippen LogP contribution in [0.15, 0.2) is 35.7 Å². The third-order valence-electron chi connectivity index (χ3n) is 4.40. The van der Waals surface area contributed by atoms with Crippen molar-refractivity contribution in [3.63, 3.8) is 0 Å². The van der Waals surface area contributed by atoms with E-state index >= 15 is 0 Å². The number of carbonyl (C=O) groups is 1. The van der Waals surface area contributed by atoms with E-state index in [1.165, 1.54) is 4.88 Å². The van der Waals surface area contributed by atoms with Gasteiger partial charge >= 0.3 is 0 Å². The predicted molar refractivity (Wildman–Crippen MR) is 89.3 cm³/mol. The van der Waals surface area contributed by atoms with Crippen LogP contribution in [0.5, 0.6) is 0 Å². The number of hydrogen-bond acceptors (Lipinski definition) is 2. The number of carbonyl (C=O) groups excluding carboxylic acids is 1. The Morgan fingerprint density at radius 3 is 2.67 bits per heavy atom. The largest absolute Gasteiger partial charge is 0.325 e. The Morgan fingerprint density at radius 1 is 1.24 bits per heavy atom. The highest BCUT2D eigenvalue weighted by atomic mass is 35.5. The van der Waals surface area contributed by atoms with Gasteiger partial charge in [0.05, 0.1) is 5.41 Å². The fourth-order valence-electron chi connectivity index (χ4n) is 3.10. The average molecular weight is 320 g/mol. The van der Waals surface area contributed by atoms with Crippen LogP contribution in [0.25, 0.3) is 0 Å². The molecule has 1 heterocycles. The van der Waals surface area contributed by atoms with Crippen molar-refractivity contribution in [1.82, 2.24) is 0 Å². The topological polar surface area (TPSA) is 29.1 Å². The van der Waals surface area contributed by atoms with E-state index in [1.54, 1.807) is 11.3 Å². The van der Waals surface area contributed by atoms with Crippen LogP contribution in [0.3, 0.4) is 0 Å². The van der Waals surface area contributed by atoms with E-state index in [4.69, 9.17) is 11.6 Å². The Labute approximate surface area is 134 Å². The Kier molecular flexibility index (Phi) is 4.05. The van der Waals surface area contributed by atoms with Crippen LogP contribution in [0.4, 0.5) is 5.69 Å². The molecule has 1 aromatic heterocycles. The molecule has 1 N–H and O–H groups in total. The smallest absolute Gasteiger partial charge is 0.235 e. The summed E-state index contributed by atoms with van der Waals surface area (Å²) in [6.07, 6.45) is 4.08. The first-order chi connectivity index (χ1) is 10.1. The Hall–Kier alpha value is -1.32. The molecule has 0 aliphatic heterocycles. The number of anilines is 1. The maximum atomic E-state index is 13.0. The second-order valence-electron chi connectivity index (χ2n) is 5.63. The SMILES string of the molecule is Cc1c(Cl)cccc1NC(=O)C1(c2cccs2)CCCC1. The Morgan fingerprint density at radius 2 is 2.00 bits per heavy atom. The third kappa shape index (κ3) is 2.60. The standard InChI is InChI=1S/C17H18ClNOS/c1-12-13(18)6-4-7-14(12)19-16(20)17(9-2-3-10-17)15-8-5-11-21-15/h4-8,11H,2-3,9-10H2,1H3,(H,19,20). The summed E-state index contributed by atoms with van der Waals surface area (Å²) in [5.41, 5.74) is 1.38. The van der Waals surface area contributed by atoms with E-state index in [-0.39, 0.29) is 11.3 Å². The van der Waals surface area contributed by atoms with Crippen molar-refractivity contribution in [2.75, 3.05) is 5.32 Å². The predicted octanol–water partition coefficient (Wildman–Crippen LogP) is 5.16. The fourth-order valence-corrected chi connectivity index (χ4v) is 4.26. The van der Waals surface area contributed by atoms with Crippen LogP contribution in [0, 0.1) is 6.92 Å². The van der Waals surface area contributed by atoms with Gasteiger partial charge < -0.3 is 5.32 Å². The molecule has 1 saturated carbocycles. The van der Waals surface area contributed by atoms with Crippen molar-refractivity contribution < 1.29 is 4.79 Å². The van der Waals surface area contributed by atoms with Gasteiger partial charge in [0.1, 0.15) is 0 Å². The molecule has 1 aliphatic carbocycles. The zero-order chi connectivity index (χ0) is 14.9. The van der Waals surface area contributed by atoms with Gasteiger partial charge in [0, 0.05) is 15.6 Å². The van der Waals surface area contributed by atoms with Crippen LogP contribution in [-0.2, 0) is 10.2 Å². The number of benzene rings is 1. The molecule has 0 bridgehead atoms. The van der Waals surface area contributed by atoms with Crippen LogP contribution >= 0.6 is 22.9 Å². The van der Waals surface area contributed by atoms with E-state index in [2.05, 4.69) is 11.4 Å². The molecule has 21 heavy (non-hydrogen) atoms. The lowest BCUT2D eigenvalue weighted by molar-refractivity contribution is -0.121. The highest BCUT2D eigenvalue weighted by Crippen LogP contribution is 2.44. The van der Waals surface area contributed by atoms with Gasteiger partial charge in [-0.05, 0) is 48.9 Å². The maximum Gasteiger partial charge on any atom is 0.235 e. The number of nitrogens with one attached hydrogen (secondary N) is 1. The lowest BCUT2D eigenvalue weighted by Crippen LogP contribution is -2.37. The molecule has 110 valence electrons. The van der Waals surface area contributed by atoms with E-state index in [9.17, 15) is 4.79 Å². The van der Waals surface area contributed by atoms with Gasteiger partial charge in [-0.3, -0.25) is 4.79 Å². The second kappa shape index (κ2) is 5.82. The quantitative estimate of drug-likeness (QED) is 0.831. The summed E-state index contributed by atoms with van der Waals surface area (Å²) in [6.45, 7) is 1.93. The monoisotopic (exact) mass is 319 g/mol. The molecule has 1 fully saturated rings. The first-order valence-electron chi connectivity index (χ1n) is 7.24. The van der Waals surface area contributed by atoms with Crippen LogP contribution < -0.4 is 5.32 Å². The summed E-state index contributed by atoms with van der Waals surface area (Å²) in [6, 6.07) is 9.74. The second-order valence-corrected chi connectivity index (χ2v) is 6.99. The van der Waals surface area contributed by atoms with Gasteiger partial charge in [0.2, 0.25) is 5.91 Å². The van der Waals surface area contributed by atoms with Crippen LogP contribution in [-0.4, -0.2) is 5.91 Å². The van der Waals surface area contributed by atoms with E-state index in [0.717, 1.165) is 36.9 Å². The van der Waals surface area contributed by atoms with Gasteiger partial charge in [0.15, 0.2) is 0 Å². The molecular weight excluding hydrogens is 302 g/mol. The molecule has 0 atom stereocenters. The Bertz CT molecular complexity index is 645. The molecule has 4 heteroatoms. The highest BCUT2D eigenvalue weighted by molar-refractivity contribution is 7.10. The summed E-state index contributed by atoms with van der Waals surface area (Å²) in [5.74, 6) is 0.104. The minimum Gasteiger partial charge on any atom is -0.325 e. The minimum atomic E-state index is -0.358. The lowest BCUT2D eigenvalue weighted by Gasteiger charge is -2.27. The van der Waals surface area contributed by atoms with Crippen LogP contribution in [0.2, 0.25) is 5.02 Å². The summed E-state index contributed by atoms with van der Waals surface area (Å²) in [4.78, 5) is 14.1. The zero-order valence-corrected chi connectivity index (χ0v) is 13.6. The van der Waals surface area contributed by atoms with Gasteiger partial charge in [-0.2, -0.15) is 0 Å². The summed E-state index contributed by atoms with van der Waals surface area (Å²) >= 11 is 7.82. The first kappa shape index (κ1) is 14.6. The summed E-state index contributed by atoms with van der Waals surface area (Å²) < 4.78 is 0. The third-order valence-corrected chi connectivity index (χ3v) is 5.88. The van der Waals surface area contributed by atoms with Crippen molar-refractivity contribution in [2.24, 2.45) is 0 Å². The van der Waals surface area contributed by atoms with E-state index < -0.39 is 0 Å². The number of rotatable bonds is 3. The fraction of sp³-hybridized carbons (Fsp3) is 0.353. The van der Waals surface area contributed by atoms with Crippen molar-refractivity contribution in [3.05, 3.63) is 51.2 Å². The molecule has 1 amide bonds. The van der Waals surface area contributed by atoms with Gasteiger partial charge in [-0.1, -0.05) is 36.6 Å². The van der Waals surface area contributed by atoms with Gasteiger partial charge in [0.25, 0.3) is 0 Å². The number of hydrogen-bond donors (Lipinski definition) is 1. The van der Waals surface area contributed by atoms with Crippen molar-refractivity contribution in [3.8, 4) is 0 Å². The van der Waals surface area contributed by atoms with Crippen molar-refractivity contribution >= 4 is 34.5 Å². The molecule has 0 saturated heterocycles. The average Bonchev–Trinajstić information content (AvgIpc) is 3.14. The van der Waals surface area contributed by atoms with E-state index in [0.29, 0.717) is 5.02 Å². The molecule has 1 aliphatic rings. The zero-order valence-electron chi connectivity index (χ0n) is 12.0. The minimum absolute atomic E-state index is 0.104. The van der Waals surface area contributed by atoms with Crippen molar-refractivity contribution in [1.29, 1.82) is 0 Å². The molecule has 1 aromatic carbocycles. The summed E-state index contributed by atoms with van der Waals surface area (Å²) in [7, 11) is 0. The first-order valence-corrected chi connectivity index (χ1v) is 8.50. The molecule has 0 spiro atoms. The molecule has 0 radical (unpaired) electrons. The Balaban J connectivity index is 1.91. The molecule has 3 rings (SSSR count). The molecule has 0 unspecified atom stereocenters. The van der Waals surface area contributed by atoms with Crippen LogP contribution in [0.1, 0.15) is 36.1 Å².